The van der Waals surface area contributed by atoms with Crippen LogP contribution in [-0.2, 0) is 0 Å². The molecular formula is C10H11ClN4O3. The van der Waals surface area contributed by atoms with Gasteiger partial charge in [0, 0.05) is 18.7 Å². The molecule has 1 fully saturated rings. The lowest BCUT2D eigenvalue weighted by Gasteiger charge is -2.11. The standard InChI is InChI=1S/C10H11ClN4O3/c11-9-8(3-7(5-13-9)15(17)18)10(16)14-6-1-2-12-4-6/h3,5-6,12H,1-2,4H2,(H,14,16). The van der Waals surface area contributed by atoms with E-state index in [0.717, 1.165) is 25.2 Å². The van der Waals surface area contributed by atoms with E-state index in [1.807, 2.05) is 0 Å². The smallest absolute Gasteiger partial charge is 0.288 e. The minimum absolute atomic E-state index is 0.0211. The van der Waals surface area contributed by atoms with Gasteiger partial charge in [0.25, 0.3) is 11.6 Å². The number of pyridine rings is 1. The molecule has 18 heavy (non-hydrogen) atoms. The Morgan fingerprint density at radius 2 is 2.44 bits per heavy atom. The van der Waals surface area contributed by atoms with E-state index in [9.17, 15) is 14.9 Å². The number of amides is 1. The molecule has 0 spiro atoms. The van der Waals surface area contributed by atoms with E-state index in [0.29, 0.717) is 6.54 Å². The monoisotopic (exact) mass is 270 g/mol. The summed E-state index contributed by atoms with van der Waals surface area (Å²) in [6, 6.07) is 1.15. The third-order valence-corrected chi connectivity index (χ3v) is 2.98. The van der Waals surface area contributed by atoms with Gasteiger partial charge in [-0.2, -0.15) is 0 Å². The second-order valence-corrected chi connectivity index (χ2v) is 4.31. The van der Waals surface area contributed by atoms with E-state index in [-0.39, 0.29) is 22.4 Å². The highest BCUT2D eigenvalue weighted by molar-refractivity contribution is 6.32. The molecule has 0 saturated carbocycles. The molecule has 7 nitrogen and oxygen atoms in total. The number of hydrogen-bond donors (Lipinski definition) is 2. The maximum absolute atomic E-state index is 11.9. The first-order valence-corrected chi connectivity index (χ1v) is 5.77. The lowest BCUT2D eigenvalue weighted by Crippen LogP contribution is -2.36. The normalized spacial score (nSPS) is 18.6. The van der Waals surface area contributed by atoms with Crippen molar-refractivity contribution in [2.45, 2.75) is 12.5 Å². The molecule has 1 aromatic rings. The summed E-state index contributed by atoms with van der Waals surface area (Å²) in [4.78, 5) is 25.6. The summed E-state index contributed by atoms with van der Waals surface area (Å²) < 4.78 is 0. The lowest BCUT2D eigenvalue weighted by molar-refractivity contribution is -0.385. The zero-order valence-corrected chi connectivity index (χ0v) is 10.1. The summed E-state index contributed by atoms with van der Waals surface area (Å²) >= 11 is 5.77. The zero-order chi connectivity index (χ0) is 13.1. The van der Waals surface area contributed by atoms with Crippen LogP contribution in [0.1, 0.15) is 16.8 Å². The van der Waals surface area contributed by atoms with E-state index in [1.54, 1.807) is 0 Å². The van der Waals surface area contributed by atoms with Gasteiger partial charge in [-0.1, -0.05) is 11.6 Å². The molecule has 1 atom stereocenters. The van der Waals surface area contributed by atoms with Gasteiger partial charge in [-0.15, -0.1) is 0 Å². The van der Waals surface area contributed by atoms with Crippen LogP contribution in [0.3, 0.4) is 0 Å². The molecule has 96 valence electrons. The fraction of sp³-hybridized carbons (Fsp3) is 0.400. The van der Waals surface area contributed by atoms with Crippen molar-refractivity contribution in [1.82, 2.24) is 15.6 Å². The summed E-state index contributed by atoms with van der Waals surface area (Å²) in [7, 11) is 0. The second kappa shape index (κ2) is 5.28. The van der Waals surface area contributed by atoms with Crippen LogP contribution in [0, 0.1) is 10.1 Å². The van der Waals surface area contributed by atoms with Crippen molar-refractivity contribution in [1.29, 1.82) is 0 Å². The molecule has 0 radical (unpaired) electrons. The van der Waals surface area contributed by atoms with Gasteiger partial charge in [-0.25, -0.2) is 4.98 Å². The Bertz CT molecular complexity index is 488. The number of nitrogens with zero attached hydrogens (tertiary/aromatic N) is 2. The van der Waals surface area contributed by atoms with Crippen molar-refractivity contribution in [3.63, 3.8) is 0 Å². The summed E-state index contributed by atoms with van der Waals surface area (Å²) in [5.41, 5.74) is -0.230. The van der Waals surface area contributed by atoms with Crippen LogP contribution < -0.4 is 10.6 Å². The Balaban J connectivity index is 2.17. The number of hydrogen-bond acceptors (Lipinski definition) is 5. The highest BCUT2D eigenvalue weighted by Gasteiger charge is 2.21. The van der Waals surface area contributed by atoms with Gasteiger partial charge in [-0.05, 0) is 13.0 Å². The number of carbonyl (C=O) groups excluding carboxylic acids is 1. The van der Waals surface area contributed by atoms with Gasteiger partial charge in [0.05, 0.1) is 10.5 Å². The van der Waals surface area contributed by atoms with Crippen LogP contribution in [0.4, 0.5) is 5.69 Å². The Hall–Kier alpha value is -1.73. The van der Waals surface area contributed by atoms with E-state index < -0.39 is 10.8 Å². The van der Waals surface area contributed by atoms with E-state index in [2.05, 4.69) is 15.6 Å². The van der Waals surface area contributed by atoms with Crippen LogP contribution in [0.5, 0.6) is 0 Å². The van der Waals surface area contributed by atoms with Crippen LogP contribution in [0.2, 0.25) is 5.15 Å². The van der Waals surface area contributed by atoms with Gasteiger partial charge in [-0.3, -0.25) is 14.9 Å². The molecule has 2 heterocycles. The first kappa shape index (κ1) is 12.7. The molecule has 0 aromatic carbocycles. The van der Waals surface area contributed by atoms with Crippen LogP contribution in [0.15, 0.2) is 12.3 Å². The second-order valence-electron chi connectivity index (χ2n) is 3.95. The van der Waals surface area contributed by atoms with E-state index in [4.69, 9.17) is 11.6 Å². The van der Waals surface area contributed by atoms with Crippen molar-refractivity contribution in [2.75, 3.05) is 13.1 Å². The van der Waals surface area contributed by atoms with Crippen LogP contribution >= 0.6 is 11.6 Å². The molecule has 1 aromatic heterocycles. The summed E-state index contributed by atoms with van der Waals surface area (Å²) in [6.45, 7) is 1.53. The number of aromatic nitrogens is 1. The van der Waals surface area contributed by atoms with Gasteiger partial charge in [0.2, 0.25) is 0 Å². The maximum Gasteiger partial charge on any atom is 0.288 e. The Kier molecular flexibility index (Phi) is 3.73. The average Bonchev–Trinajstić information content (AvgIpc) is 2.81. The first-order valence-electron chi connectivity index (χ1n) is 5.39. The highest BCUT2D eigenvalue weighted by Crippen LogP contribution is 2.19. The number of nitrogens with one attached hydrogen (secondary N) is 2. The zero-order valence-electron chi connectivity index (χ0n) is 9.35. The first-order chi connectivity index (χ1) is 8.58. The van der Waals surface area contributed by atoms with Crippen molar-refractivity contribution in [2.24, 2.45) is 0 Å². The minimum atomic E-state index is -0.614. The quantitative estimate of drug-likeness (QED) is 0.479. The molecule has 1 amide bonds. The fourth-order valence-corrected chi connectivity index (χ4v) is 1.93. The predicted octanol–water partition coefficient (Wildman–Crippen LogP) is 0.735. The number of nitro groups is 1. The summed E-state index contributed by atoms with van der Waals surface area (Å²) in [5.74, 6) is -0.440. The molecule has 1 aliphatic heterocycles. The lowest BCUT2D eigenvalue weighted by atomic mass is 10.2. The topological polar surface area (TPSA) is 97.2 Å². The molecule has 8 heteroatoms. The molecule has 1 unspecified atom stereocenters. The molecule has 1 aliphatic rings. The highest BCUT2D eigenvalue weighted by atomic mass is 35.5. The minimum Gasteiger partial charge on any atom is -0.348 e. The van der Waals surface area contributed by atoms with Crippen molar-refractivity contribution in [3.8, 4) is 0 Å². The molecule has 2 N–H and O–H groups in total. The SMILES string of the molecule is O=C(NC1CCNC1)c1cc([N+](=O)[O-])cnc1Cl. The number of rotatable bonds is 3. The third-order valence-electron chi connectivity index (χ3n) is 2.68. The molecule has 1 saturated heterocycles. The molecular weight excluding hydrogens is 260 g/mol. The average molecular weight is 271 g/mol. The van der Waals surface area contributed by atoms with Gasteiger partial charge >= 0.3 is 0 Å². The van der Waals surface area contributed by atoms with E-state index >= 15 is 0 Å². The molecule has 0 aliphatic carbocycles. The Labute approximate surface area is 108 Å². The predicted molar refractivity (Wildman–Crippen MR) is 64.6 cm³/mol. The van der Waals surface area contributed by atoms with Gasteiger partial charge < -0.3 is 10.6 Å². The van der Waals surface area contributed by atoms with Gasteiger partial charge in [0.1, 0.15) is 11.3 Å². The van der Waals surface area contributed by atoms with Gasteiger partial charge in [0.15, 0.2) is 0 Å². The Morgan fingerprint density at radius 3 is 3.06 bits per heavy atom. The van der Waals surface area contributed by atoms with Crippen molar-refractivity contribution in [3.05, 3.63) is 33.1 Å². The fourth-order valence-electron chi connectivity index (χ4n) is 1.74. The number of halogens is 1. The third kappa shape index (κ3) is 2.74. The largest absolute Gasteiger partial charge is 0.348 e. The summed E-state index contributed by atoms with van der Waals surface area (Å²) in [5, 5.41) is 16.4. The van der Waals surface area contributed by atoms with Crippen LogP contribution in [-0.4, -0.2) is 34.9 Å². The van der Waals surface area contributed by atoms with Crippen molar-refractivity contribution >= 4 is 23.2 Å². The van der Waals surface area contributed by atoms with Crippen molar-refractivity contribution < 1.29 is 9.72 Å². The Morgan fingerprint density at radius 1 is 1.67 bits per heavy atom. The maximum atomic E-state index is 11.9. The molecule has 0 bridgehead atoms. The molecule has 2 rings (SSSR count). The van der Waals surface area contributed by atoms with Crippen LogP contribution in [0.25, 0.3) is 0 Å². The number of carbonyl (C=O) groups is 1. The summed E-state index contributed by atoms with van der Waals surface area (Å²) in [6.07, 6.45) is 1.85. The van der Waals surface area contributed by atoms with E-state index in [1.165, 1.54) is 0 Å².